The molecule has 12 heavy (non-hydrogen) atoms. The fourth-order valence-electron chi connectivity index (χ4n) is 0.779. The highest BCUT2D eigenvalue weighted by Gasteiger charge is 2.12. The molecule has 0 aromatic rings. The summed E-state index contributed by atoms with van der Waals surface area (Å²) in [4.78, 5) is 3.60. The summed E-state index contributed by atoms with van der Waals surface area (Å²) in [5, 5.41) is 0. The van der Waals surface area contributed by atoms with E-state index >= 15 is 0 Å². The van der Waals surface area contributed by atoms with Crippen LogP contribution >= 0.6 is 0 Å². The van der Waals surface area contributed by atoms with Crippen molar-refractivity contribution in [1.29, 1.82) is 0 Å². The number of rotatable bonds is 1. The van der Waals surface area contributed by atoms with Crippen LogP contribution in [0.5, 0.6) is 0 Å². The van der Waals surface area contributed by atoms with E-state index in [9.17, 15) is 8.78 Å². The molecule has 0 saturated carbocycles. The van der Waals surface area contributed by atoms with E-state index in [1.165, 1.54) is 6.08 Å². The number of allylic oxidation sites excluding steroid dienone is 2. The van der Waals surface area contributed by atoms with Crippen LogP contribution in [-0.4, -0.2) is 12.6 Å². The molecule has 0 bridgehead atoms. The Morgan fingerprint density at radius 3 is 2.42 bits per heavy atom. The summed E-state index contributed by atoms with van der Waals surface area (Å²) in [6.45, 7) is 5.95. The predicted octanol–water partition coefficient (Wildman–Crippen LogP) is 3.27. The van der Waals surface area contributed by atoms with Crippen molar-refractivity contribution >= 4 is 6.21 Å². The van der Waals surface area contributed by atoms with Crippen LogP contribution in [0.2, 0.25) is 0 Å². The van der Waals surface area contributed by atoms with E-state index in [0.717, 1.165) is 0 Å². The van der Waals surface area contributed by atoms with Gasteiger partial charge in [0.05, 0.1) is 0 Å². The van der Waals surface area contributed by atoms with E-state index in [1.54, 1.807) is 6.21 Å². The van der Waals surface area contributed by atoms with Gasteiger partial charge in [-0.15, -0.1) is 0 Å². The molecule has 0 N–H and O–H groups in total. The van der Waals surface area contributed by atoms with Gasteiger partial charge in [0.15, 0.2) is 0 Å². The number of hydrogen-bond acceptors (Lipinski definition) is 1. The monoisotopic (exact) mass is 175 g/mol. The van der Waals surface area contributed by atoms with Gasteiger partial charge in [0, 0.05) is 6.21 Å². The third-order valence-electron chi connectivity index (χ3n) is 1.40. The summed E-state index contributed by atoms with van der Waals surface area (Å²) >= 11 is 0. The molecule has 1 rings (SSSR count). The van der Waals surface area contributed by atoms with Crippen molar-refractivity contribution in [3.63, 3.8) is 0 Å². The van der Waals surface area contributed by atoms with Crippen LogP contribution in [0.15, 0.2) is 16.8 Å². The molecule has 1 nitrogen and oxygen atoms in total. The molecule has 1 aliphatic rings. The lowest BCUT2D eigenvalue weighted by Crippen LogP contribution is -2.04. The zero-order valence-corrected chi connectivity index (χ0v) is 7.72. The maximum absolute atomic E-state index is 11.9. The predicted molar refractivity (Wildman–Crippen MR) is 47.7 cm³/mol. The summed E-state index contributed by atoms with van der Waals surface area (Å²) in [6.07, 6.45) is 1.34. The van der Waals surface area contributed by atoms with Gasteiger partial charge in [0.25, 0.3) is 6.43 Å². The summed E-state index contributed by atoms with van der Waals surface area (Å²) in [7, 11) is 0. The summed E-state index contributed by atoms with van der Waals surface area (Å²) in [6, 6.07) is 0. The Balaban J connectivity index is 0.000000561. The molecule has 70 valence electrons. The molecule has 1 heterocycles. The number of aliphatic imine (C=N–C) groups is 1. The van der Waals surface area contributed by atoms with Crippen molar-refractivity contribution < 1.29 is 8.78 Å². The molecule has 0 radical (unpaired) electrons. The second-order valence-corrected chi connectivity index (χ2v) is 2.42. The van der Waals surface area contributed by atoms with Crippen LogP contribution in [-0.2, 0) is 0 Å². The first-order valence-electron chi connectivity index (χ1n) is 4.22. The van der Waals surface area contributed by atoms with Gasteiger partial charge in [-0.1, -0.05) is 26.8 Å². The molecular formula is C9H15F2N. The van der Waals surface area contributed by atoms with Gasteiger partial charge in [0.2, 0.25) is 0 Å². The zero-order valence-electron chi connectivity index (χ0n) is 7.72. The standard InChI is InChI=1S/C7H9F2N.C2H6/c1-5-2-3-6(7(8)9)10-4-5;1-2/h3-5,7H,2H2,1H3;1-2H3. The molecular weight excluding hydrogens is 160 g/mol. The third-order valence-corrected chi connectivity index (χ3v) is 1.40. The minimum atomic E-state index is -2.41. The van der Waals surface area contributed by atoms with Crippen molar-refractivity contribution in [2.75, 3.05) is 0 Å². The molecule has 0 aromatic heterocycles. The van der Waals surface area contributed by atoms with Crippen molar-refractivity contribution in [3.8, 4) is 0 Å². The first-order valence-corrected chi connectivity index (χ1v) is 4.22. The second-order valence-electron chi connectivity index (χ2n) is 2.42. The summed E-state index contributed by atoms with van der Waals surface area (Å²) in [5.41, 5.74) is -0.0851. The number of alkyl halides is 2. The normalized spacial score (nSPS) is 21.5. The molecule has 1 unspecified atom stereocenters. The van der Waals surface area contributed by atoms with Gasteiger partial charge < -0.3 is 0 Å². The molecule has 0 aliphatic carbocycles. The highest BCUT2D eigenvalue weighted by atomic mass is 19.3. The maximum Gasteiger partial charge on any atom is 0.280 e. The van der Waals surface area contributed by atoms with E-state index < -0.39 is 6.43 Å². The van der Waals surface area contributed by atoms with E-state index in [0.29, 0.717) is 12.3 Å². The molecule has 1 atom stereocenters. The van der Waals surface area contributed by atoms with Gasteiger partial charge in [-0.05, 0) is 12.3 Å². The first-order chi connectivity index (χ1) is 5.70. The molecule has 1 aliphatic heterocycles. The van der Waals surface area contributed by atoms with Crippen LogP contribution in [0, 0.1) is 5.92 Å². The quantitative estimate of drug-likeness (QED) is 0.580. The average Bonchev–Trinajstić information content (AvgIpc) is 2.09. The highest BCUT2D eigenvalue weighted by Crippen LogP contribution is 2.17. The molecule has 0 amide bonds. The van der Waals surface area contributed by atoms with Gasteiger partial charge in [0.1, 0.15) is 5.70 Å². The van der Waals surface area contributed by atoms with Crippen LogP contribution in [0.3, 0.4) is 0 Å². The van der Waals surface area contributed by atoms with Gasteiger partial charge in [-0.2, -0.15) is 0 Å². The SMILES string of the molecule is CC.CC1C=NC(C(F)F)=CC1. The average molecular weight is 175 g/mol. The van der Waals surface area contributed by atoms with Crippen molar-refractivity contribution in [2.45, 2.75) is 33.6 Å². The van der Waals surface area contributed by atoms with Crippen molar-refractivity contribution in [3.05, 3.63) is 11.8 Å². The Morgan fingerprint density at radius 2 is 2.08 bits per heavy atom. The maximum atomic E-state index is 11.9. The topological polar surface area (TPSA) is 12.4 Å². The van der Waals surface area contributed by atoms with E-state index in [1.807, 2.05) is 20.8 Å². The number of nitrogens with zero attached hydrogens (tertiary/aromatic N) is 1. The fraction of sp³-hybridized carbons (Fsp3) is 0.667. The molecule has 0 aromatic carbocycles. The Kier molecular flexibility index (Phi) is 5.51. The molecule has 3 heteroatoms. The first kappa shape index (κ1) is 11.3. The lowest BCUT2D eigenvalue weighted by atomic mass is 10.1. The lowest BCUT2D eigenvalue weighted by Gasteiger charge is -2.09. The molecule has 0 fully saturated rings. The largest absolute Gasteiger partial charge is 0.280 e. The van der Waals surface area contributed by atoms with Crippen LogP contribution < -0.4 is 0 Å². The van der Waals surface area contributed by atoms with Crippen LogP contribution in [0.25, 0.3) is 0 Å². The Morgan fingerprint density at radius 1 is 1.50 bits per heavy atom. The Hall–Kier alpha value is -0.730. The van der Waals surface area contributed by atoms with Crippen molar-refractivity contribution in [2.24, 2.45) is 10.9 Å². The fourth-order valence-corrected chi connectivity index (χ4v) is 0.779. The number of hydrogen-bond donors (Lipinski definition) is 0. The van der Waals surface area contributed by atoms with Crippen molar-refractivity contribution in [1.82, 2.24) is 0 Å². The minimum absolute atomic E-state index is 0.0851. The summed E-state index contributed by atoms with van der Waals surface area (Å²) in [5.74, 6) is 0.308. The second kappa shape index (κ2) is 5.86. The van der Waals surface area contributed by atoms with Gasteiger partial charge >= 0.3 is 0 Å². The van der Waals surface area contributed by atoms with E-state index in [4.69, 9.17) is 0 Å². The Labute approximate surface area is 72.2 Å². The third kappa shape index (κ3) is 3.60. The Bertz CT molecular complexity index is 173. The molecule has 0 spiro atoms. The zero-order chi connectivity index (χ0) is 9.56. The lowest BCUT2D eigenvalue weighted by molar-refractivity contribution is 0.187. The number of halogens is 2. The van der Waals surface area contributed by atoms with Gasteiger partial charge in [-0.3, -0.25) is 4.99 Å². The minimum Gasteiger partial charge on any atom is -0.260 e. The van der Waals surface area contributed by atoms with Gasteiger partial charge in [-0.25, -0.2) is 8.78 Å². The highest BCUT2D eigenvalue weighted by molar-refractivity contribution is 5.63. The van der Waals surface area contributed by atoms with Crippen LogP contribution in [0.4, 0.5) is 8.78 Å². The summed E-state index contributed by atoms with van der Waals surface area (Å²) < 4.78 is 23.7. The molecule has 0 saturated heterocycles. The van der Waals surface area contributed by atoms with Crippen LogP contribution in [0.1, 0.15) is 27.2 Å². The smallest absolute Gasteiger partial charge is 0.260 e. The van der Waals surface area contributed by atoms with E-state index in [2.05, 4.69) is 4.99 Å². The van der Waals surface area contributed by atoms with E-state index in [-0.39, 0.29) is 5.70 Å².